The van der Waals surface area contributed by atoms with Gasteiger partial charge in [-0.2, -0.15) is 9.78 Å². The van der Waals surface area contributed by atoms with E-state index >= 15 is 0 Å². The molecule has 0 aromatic heterocycles. The summed E-state index contributed by atoms with van der Waals surface area (Å²) in [5.41, 5.74) is -0.0781. The van der Waals surface area contributed by atoms with E-state index in [-0.39, 0.29) is 17.4 Å². The van der Waals surface area contributed by atoms with Crippen molar-refractivity contribution >= 4 is 11.8 Å². The summed E-state index contributed by atoms with van der Waals surface area (Å²) in [7, 11) is 0. The van der Waals surface area contributed by atoms with Gasteiger partial charge in [0.05, 0.1) is 4.92 Å². The van der Waals surface area contributed by atoms with E-state index < -0.39 is 28.8 Å². The number of benzene rings is 1. The zero-order valence-electron chi connectivity index (χ0n) is 18.2. The van der Waals surface area contributed by atoms with Crippen LogP contribution in [0.5, 0.6) is 5.75 Å². The molecule has 9 heteroatoms. The summed E-state index contributed by atoms with van der Waals surface area (Å²) in [5, 5.41) is 10.8. The topological polar surface area (TPSA) is 106 Å². The normalized spacial score (nSPS) is 38.5. The van der Waals surface area contributed by atoms with Crippen molar-refractivity contribution in [1.29, 1.82) is 0 Å². The van der Waals surface area contributed by atoms with Crippen molar-refractivity contribution in [3.63, 3.8) is 0 Å². The number of carbonyl (C=O) groups excluding carboxylic acids is 1. The predicted octanol–water partition coefficient (Wildman–Crippen LogP) is 5.27. The first-order valence-corrected chi connectivity index (χ1v) is 11.6. The Bertz CT molecular complexity index is 873. The average Bonchev–Trinajstić information content (AvgIpc) is 3.13. The van der Waals surface area contributed by atoms with E-state index in [9.17, 15) is 14.9 Å². The van der Waals surface area contributed by atoms with Gasteiger partial charge in [-0.05, 0) is 50.2 Å². The number of non-ortho nitro benzene ring substituents is 1. The zero-order chi connectivity index (χ0) is 22.3. The first-order chi connectivity index (χ1) is 15.4. The van der Waals surface area contributed by atoms with Gasteiger partial charge in [-0.1, -0.05) is 19.8 Å². The smallest absolute Gasteiger partial charge is 0.430 e. The van der Waals surface area contributed by atoms with Crippen molar-refractivity contribution < 1.29 is 33.7 Å². The van der Waals surface area contributed by atoms with Crippen LogP contribution in [0.1, 0.15) is 64.7 Å². The fourth-order valence-electron chi connectivity index (χ4n) is 6.05. The van der Waals surface area contributed by atoms with E-state index in [0.29, 0.717) is 25.2 Å². The van der Waals surface area contributed by atoms with Gasteiger partial charge in [0.15, 0.2) is 0 Å². The van der Waals surface area contributed by atoms with Crippen LogP contribution in [0, 0.1) is 27.9 Å². The highest BCUT2D eigenvalue weighted by atomic mass is 17.3. The zero-order valence-corrected chi connectivity index (χ0v) is 18.2. The molecule has 0 N–H and O–H groups in total. The molecule has 1 aliphatic heterocycles. The Morgan fingerprint density at radius 3 is 2.72 bits per heavy atom. The number of hydrogen-bond donors (Lipinski definition) is 0. The Labute approximate surface area is 186 Å². The van der Waals surface area contributed by atoms with Crippen LogP contribution in [0.3, 0.4) is 0 Å². The van der Waals surface area contributed by atoms with Crippen LogP contribution in [0.25, 0.3) is 0 Å². The highest BCUT2D eigenvalue weighted by Gasteiger charge is 2.63. The largest absolute Gasteiger partial charge is 0.514 e. The maximum Gasteiger partial charge on any atom is 0.514 e. The van der Waals surface area contributed by atoms with Crippen LogP contribution in [0.4, 0.5) is 10.5 Å². The molecule has 1 aromatic carbocycles. The molecule has 2 bridgehead atoms. The Hall–Kier alpha value is -2.23. The van der Waals surface area contributed by atoms with Crippen LogP contribution >= 0.6 is 0 Å². The van der Waals surface area contributed by atoms with E-state index in [1.54, 1.807) is 0 Å². The lowest BCUT2D eigenvalue weighted by Crippen LogP contribution is -2.53. The number of nitrogens with zero attached hydrogens (tertiary/aromatic N) is 1. The highest BCUT2D eigenvalue weighted by Crippen LogP contribution is 2.57. The summed E-state index contributed by atoms with van der Waals surface area (Å²) >= 11 is 0. The van der Waals surface area contributed by atoms with Crippen molar-refractivity contribution in [3.8, 4) is 5.75 Å². The van der Waals surface area contributed by atoms with E-state index in [4.69, 9.17) is 24.0 Å². The summed E-state index contributed by atoms with van der Waals surface area (Å²) in [6, 6.07) is 5.28. The average molecular weight is 447 g/mol. The van der Waals surface area contributed by atoms with E-state index in [2.05, 4.69) is 6.92 Å². The molecular weight excluding hydrogens is 418 g/mol. The number of hydrogen-bond acceptors (Lipinski definition) is 8. The lowest BCUT2D eigenvalue weighted by Gasteiger charge is -2.49. The number of rotatable bonds is 3. The molecule has 6 unspecified atom stereocenters. The van der Waals surface area contributed by atoms with Gasteiger partial charge in [-0.15, -0.1) is 0 Å². The van der Waals surface area contributed by atoms with Gasteiger partial charge in [-0.25, -0.2) is 4.79 Å². The quantitative estimate of drug-likeness (QED) is 0.203. The molecule has 2 spiro atoms. The number of nitro groups is 1. The van der Waals surface area contributed by atoms with Crippen LogP contribution < -0.4 is 4.74 Å². The second kappa shape index (κ2) is 8.28. The van der Waals surface area contributed by atoms with Crippen molar-refractivity contribution in [2.45, 2.75) is 82.4 Å². The lowest BCUT2D eigenvalue weighted by molar-refractivity contribution is -0.384. The standard InChI is InChI=1S/C23H29NO8/c1-15-12-16-4-2-5-17(13-16)23(15)30-22(31-32-23)11-3-6-20(14-22)29-21(25)28-19-9-7-18(8-10-19)24(26)27/h7-10,15-17,20H,2-6,11-14H2,1H3. The summed E-state index contributed by atoms with van der Waals surface area (Å²) in [6.45, 7) is 2.19. The van der Waals surface area contributed by atoms with Gasteiger partial charge >= 0.3 is 6.16 Å². The lowest BCUT2D eigenvalue weighted by atomic mass is 9.64. The van der Waals surface area contributed by atoms with Gasteiger partial charge in [0.25, 0.3) is 5.69 Å². The molecule has 9 nitrogen and oxygen atoms in total. The van der Waals surface area contributed by atoms with Gasteiger partial charge in [0, 0.05) is 36.8 Å². The van der Waals surface area contributed by atoms with Gasteiger partial charge < -0.3 is 14.2 Å². The summed E-state index contributed by atoms with van der Waals surface area (Å²) in [6.07, 6.45) is 7.02. The van der Waals surface area contributed by atoms with E-state index in [1.807, 2.05) is 0 Å². The second-order valence-corrected chi connectivity index (χ2v) is 9.71. The summed E-state index contributed by atoms with van der Waals surface area (Å²) < 4.78 is 17.4. The minimum Gasteiger partial charge on any atom is -0.430 e. The number of nitro benzene ring substituents is 1. The summed E-state index contributed by atoms with van der Waals surface area (Å²) in [4.78, 5) is 34.4. The first kappa shape index (κ1) is 21.6. The van der Waals surface area contributed by atoms with Gasteiger partial charge in [0.1, 0.15) is 11.9 Å². The number of fused-ring (bicyclic) bond motifs is 3. The minimum absolute atomic E-state index is 0.0781. The van der Waals surface area contributed by atoms with E-state index in [0.717, 1.165) is 31.6 Å². The van der Waals surface area contributed by atoms with Crippen LogP contribution in [0.2, 0.25) is 0 Å². The molecule has 3 saturated carbocycles. The highest BCUT2D eigenvalue weighted by molar-refractivity contribution is 5.64. The molecule has 1 aromatic rings. The number of ether oxygens (including phenoxy) is 3. The predicted molar refractivity (Wildman–Crippen MR) is 110 cm³/mol. The molecule has 32 heavy (non-hydrogen) atoms. The van der Waals surface area contributed by atoms with Crippen molar-refractivity contribution in [2.24, 2.45) is 17.8 Å². The molecule has 6 atom stereocenters. The molecule has 5 rings (SSSR count). The molecule has 1 heterocycles. The molecule has 4 aliphatic rings. The molecule has 4 fully saturated rings. The van der Waals surface area contributed by atoms with Crippen LogP contribution in [0.15, 0.2) is 24.3 Å². The van der Waals surface area contributed by atoms with Crippen molar-refractivity contribution in [1.82, 2.24) is 0 Å². The fourth-order valence-corrected chi connectivity index (χ4v) is 6.05. The Kier molecular flexibility index (Phi) is 5.59. The van der Waals surface area contributed by atoms with Crippen LogP contribution in [-0.4, -0.2) is 28.8 Å². The Morgan fingerprint density at radius 1 is 1.12 bits per heavy atom. The fraction of sp³-hybridized carbons (Fsp3) is 0.696. The first-order valence-electron chi connectivity index (χ1n) is 11.6. The third-order valence-electron chi connectivity index (χ3n) is 7.53. The van der Waals surface area contributed by atoms with Crippen LogP contribution in [-0.2, 0) is 19.2 Å². The molecule has 1 saturated heterocycles. The molecule has 174 valence electrons. The third-order valence-corrected chi connectivity index (χ3v) is 7.53. The summed E-state index contributed by atoms with van der Waals surface area (Å²) in [5.74, 6) is -0.107. The van der Waals surface area contributed by atoms with Crippen molar-refractivity contribution in [2.75, 3.05) is 0 Å². The maximum atomic E-state index is 12.3. The van der Waals surface area contributed by atoms with Gasteiger partial charge in [0.2, 0.25) is 11.6 Å². The SMILES string of the molecule is CC1CC2CCCC(C2)C12OOC1(CCCC(OC(=O)Oc3ccc([N+](=O)[O-])cc3)C1)O2. The molecular formula is C23H29NO8. The Morgan fingerprint density at radius 2 is 1.94 bits per heavy atom. The van der Waals surface area contributed by atoms with Gasteiger partial charge in [-0.3, -0.25) is 10.1 Å². The second-order valence-electron chi connectivity index (χ2n) is 9.71. The van der Waals surface area contributed by atoms with Crippen molar-refractivity contribution in [3.05, 3.63) is 34.4 Å². The maximum absolute atomic E-state index is 12.3. The molecule has 0 amide bonds. The minimum atomic E-state index is -0.908. The monoisotopic (exact) mass is 447 g/mol. The number of carbonyl (C=O) groups is 1. The molecule has 0 radical (unpaired) electrons. The Balaban J connectivity index is 1.21. The third kappa shape index (κ3) is 3.97. The van der Waals surface area contributed by atoms with E-state index in [1.165, 1.54) is 37.1 Å². The molecule has 3 aliphatic carbocycles.